The molecule has 0 aliphatic heterocycles. The van der Waals surface area contributed by atoms with E-state index < -0.39 is 0 Å². The number of hydrogen-bond donors (Lipinski definition) is 2. The molecular weight excluding hydrogens is 421 g/mol. The van der Waals surface area contributed by atoms with Crippen LogP contribution in [0.15, 0.2) is 11.2 Å². The molecule has 0 fully saturated rings. The van der Waals surface area contributed by atoms with E-state index in [2.05, 4.69) is 60.3 Å². The van der Waals surface area contributed by atoms with Gasteiger partial charge in [0.25, 0.3) is 0 Å². The first-order valence-corrected chi connectivity index (χ1v) is 9.02. The molecule has 0 bridgehead atoms. The molecule has 23 heavy (non-hydrogen) atoms. The molecule has 1 rings (SSSR count). The third-order valence-electron chi connectivity index (χ3n) is 3.71. The summed E-state index contributed by atoms with van der Waals surface area (Å²) < 4.78 is 0. The van der Waals surface area contributed by atoms with Crippen LogP contribution in [0.2, 0.25) is 0 Å². The van der Waals surface area contributed by atoms with Gasteiger partial charge in [-0.3, -0.25) is 4.99 Å². The summed E-state index contributed by atoms with van der Waals surface area (Å²) in [5.74, 6) is 0.897. The lowest BCUT2D eigenvalue weighted by Crippen LogP contribution is -2.39. The SMILES string of the molecule is CCNC(=NCCN(C)C(C)CC)NCCc1ncc(C)s1.I. The van der Waals surface area contributed by atoms with Crippen molar-refractivity contribution in [3.8, 4) is 0 Å². The fourth-order valence-corrected chi connectivity index (χ4v) is 2.78. The first kappa shape index (κ1) is 22.6. The first-order valence-electron chi connectivity index (χ1n) is 8.20. The van der Waals surface area contributed by atoms with Crippen molar-refractivity contribution in [3.63, 3.8) is 0 Å². The molecule has 134 valence electrons. The fraction of sp³-hybridized carbons (Fsp3) is 0.750. The van der Waals surface area contributed by atoms with Crippen molar-refractivity contribution in [1.82, 2.24) is 20.5 Å². The summed E-state index contributed by atoms with van der Waals surface area (Å²) >= 11 is 1.76. The van der Waals surface area contributed by atoms with Crippen molar-refractivity contribution in [3.05, 3.63) is 16.1 Å². The average Bonchev–Trinajstić information content (AvgIpc) is 2.91. The van der Waals surface area contributed by atoms with Gasteiger partial charge in [-0.1, -0.05) is 6.92 Å². The van der Waals surface area contributed by atoms with E-state index in [4.69, 9.17) is 0 Å². The van der Waals surface area contributed by atoms with Crippen molar-refractivity contribution >= 4 is 41.3 Å². The second-order valence-electron chi connectivity index (χ2n) is 5.54. The van der Waals surface area contributed by atoms with E-state index in [1.54, 1.807) is 11.3 Å². The van der Waals surface area contributed by atoms with Crippen molar-refractivity contribution in [2.24, 2.45) is 4.99 Å². The smallest absolute Gasteiger partial charge is 0.191 e. The van der Waals surface area contributed by atoms with E-state index in [1.165, 1.54) is 16.3 Å². The van der Waals surface area contributed by atoms with Gasteiger partial charge in [-0.15, -0.1) is 35.3 Å². The molecule has 0 saturated heterocycles. The Kier molecular flexibility index (Phi) is 12.7. The lowest BCUT2D eigenvalue weighted by molar-refractivity contribution is 0.259. The normalized spacial score (nSPS) is 12.9. The molecule has 1 heterocycles. The number of likely N-dealkylation sites (N-methyl/N-ethyl adjacent to an activating group) is 1. The highest BCUT2D eigenvalue weighted by atomic mass is 127. The number of guanidine groups is 1. The summed E-state index contributed by atoms with van der Waals surface area (Å²) in [6.07, 6.45) is 4.05. The topological polar surface area (TPSA) is 52.6 Å². The molecular formula is C16H32IN5S. The van der Waals surface area contributed by atoms with Crippen LogP contribution in [0.25, 0.3) is 0 Å². The molecule has 1 aromatic heterocycles. The highest BCUT2D eigenvalue weighted by molar-refractivity contribution is 14.0. The first-order chi connectivity index (χ1) is 10.6. The van der Waals surface area contributed by atoms with E-state index in [9.17, 15) is 0 Å². The predicted octanol–water partition coefficient (Wildman–Crippen LogP) is 2.90. The summed E-state index contributed by atoms with van der Waals surface area (Å²) in [4.78, 5) is 12.6. The number of aromatic nitrogens is 1. The van der Waals surface area contributed by atoms with E-state index in [1.807, 2.05) is 6.20 Å². The van der Waals surface area contributed by atoms with E-state index >= 15 is 0 Å². The molecule has 0 aliphatic rings. The highest BCUT2D eigenvalue weighted by Gasteiger charge is 2.06. The summed E-state index contributed by atoms with van der Waals surface area (Å²) in [5.41, 5.74) is 0. The predicted molar refractivity (Wildman–Crippen MR) is 112 cm³/mol. The Morgan fingerprint density at radius 1 is 1.39 bits per heavy atom. The molecule has 0 aromatic carbocycles. The van der Waals surface area contributed by atoms with Crippen LogP contribution in [0.1, 0.15) is 37.1 Å². The largest absolute Gasteiger partial charge is 0.357 e. The number of aliphatic imine (C=N–C) groups is 1. The van der Waals surface area contributed by atoms with E-state index in [-0.39, 0.29) is 24.0 Å². The minimum Gasteiger partial charge on any atom is -0.357 e. The Balaban J connectivity index is 0.00000484. The van der Waals surface area contributed by atoms with Gasteiger partial charge in [0, 0.05) is 43.2 Å². The van der Waals surface area contributed by atoms with E-state index in [0.717, 1.165) is 38.6 Å². The summed E-state index contributed by atoms with van der Waals surface area (Å²) in [6, 6.07) is 0.610. The lowest BCUT2D eigenvalue weighted by atomic mass is 10.2. The second-order valence-corrected chi connectivity index (χ2v) is 6.86. The molecule has 2 N–H and O–H groups in total. The lowest BCUT2D eigenvalue weighted by Gasteiger charge is -2.22. The quantitative estimate of drug-likeness (QED) is 0.343. The van der Waals surface area contributed by atoms with Crippen LogP contribution in [0.5, 0.6) is 0 Å². The third-order valence-corrected chi connectivity index (χ3v) is 4.68. The number of hydrogen-bond acceptors (Lipinski definition) is 4. The molecule has 7 heteroatoms. The molecule has 0 spiro atoms. The van der Waals surface area contributed by atoms with Crippen LogP contribution < -0.4 is 10.6 Å². The molecule has 5 nitrogen and oxygen atoms in total. The van der Waals surface area contributed by atoms with Crippen LogP contribution in [0.4, 0.5) is 0 Å². The summed E-state index contributed by atoms with van der Waals surface area (Å²) in [5, 5.41) is 7.85. The second kappa shape index (κ2) is 12.9. The van der Waals surface area contributed by atoms with Crippen LogP contribution in [-0.4, -0.2) is 55.1 Å². The van der Waals surface area contributed by atoms with Crippen molar-refractivity contribution in [2.75, 3.05) is 33.2 Å². The zero-order valence-corrected chi connectivity index (χ0v) is 18.2. The zero-order valence-electron chi connectivity index (χ0n) is 15.1. The number of nitrogens with one attached hydrogen (secondary N) is 2. The van der Waals surface area contributed by atoms with Crippen LogP contribution >= 0.6 is 35.3 Å². The molecule has 0 aliphatic carbocycles. The van der Waals surface area contributed by atoms with Gasteiger partial charge in [-0.25, -0.2) is 4.98 Å². The zero-order chi connectivity index (χ0) is 16.4. The van der Waals surface area contributed by atoms with Gasteiger partial charge in [0.05, 0.1) is 11.6 Å². The van der Waals surface area contributed by atoms with Crippen molar-refractivity contribution in [1.29, 1.82) is 0 Å². The van der Waals surface area contributed by atoms with Crippen LogP contribution in [-0.2, 0) is 6.42 Å². The molecule has 0 amide bonds. The van der Waals surface area contributed by atoms with Crippen molar-refractivity contribution in [2.45, 2.75) is 46.6 Å². The Morgan fingerprint density at radius 2 is 2.13 bits per heavy atom. The summed E-state index contributed by atoms with van der Waals surface area (Å²) in [7, 11) is 2.16. The van der Waals surface area contributed by atoms with Gasteiger partial charge < -0.3 is 15.5 Å². The maximum Gasteiger partial charge on any atom is 0.191 e. The molecule has 1 unspecified atom stereocenters. The van der Waals surface area contributed by atoms with Gasteiger partial charge in [-0.2, -0.15) is 0 Å². The minimum atomic E-state index is 0. The molecule has 1 aromatic rings. The van der Waals surface area contributed by atoms with E-state index in [0.29, 0.717) is 6.04 Å². The van der Waals surface area contributed by atoms with Crippen LogP contribution in [0.3, 0.4) is 0 Å². The summed E-state index contributed by atoms with van der Waals surface area (Å²) in [6.45, 7) is 12.2. The Bertz CT molecular complexity index is 449. The number of aryl methyl sites for hydroxylation is 1. The average molecular weight is 453 g/mol. The Labute approximate surface area is 162 Å². The third kappa shape index (κ3) is 9.46. The molecule has 0 radical (unpaired) electrons. The standard InChI is InChI=1S/C16H31N5S.HI/c1-6-13(3)21(5)11-10-19-16(17-7-2)18-9-8-15-20-12-14(4)22-15;/h12-13H,6-11H2,1-5H3,(H2,17,18,19);1H. The van der Waals surface area contributed by atoms with Gasteiger partial charge in [0.15, 0.2) is 5.96 Å². The molecule has 0 saturated carbocycles. The van der Waals surface area contributed by atoms with Gasteiger partial charge in [0.2, 0.25) is 0 Å². The monoisotopic (exact) mass is 453 g/mol. The van der Waals surface area contributed by atoms with Crippen LogP contribution in [0, 0.1) is 6.92 Å². The Hall–Kier alpha value is -0.410. The Morgan fingerprint density at radius 3 is 2.70 bits per heavy atom. The number of halogens is 1. The maximum absolute atomic E-state index is 4.64. The minimum absolute atomic E-state index is 0. The van der Waals surface area contributed by atoms with Crippen molar-refractivity contribution < 1.29 is 0 Å². The van der Waals surface area contributed by atoms with Gasteiger partial charge >= 0.3 is 0 Å². The maximum atomic E-state index is 4.64. The molecule has 1 atom stereocenters. The fourth-order valence-electron chi connectivity index (χ4n) is 2.00. The van der Waals surface area contributed by atoms with Gasteiger partial charge in [0.1, 0.15) is 0 Å². The highest BCUT2D eigenvalue weighted by Crippen LogP contribution is 2.10. The number of rotatable bonds is 9. The van der Waals surface area contributed by atoms with Gasteiger partial charge in [-0.05, 0) is 34.2 Å². The number of nitrogens with zero attached hydrogens (tertiary/aromatic N) is 3. The number of thiazole rings is 1.